The number of carbonyl (C=O) groups is 2. The van der Waals surface area contributed by atoms with Crippen molar-refractivity contribution in [3.8, 4) is 5.75 Å². The van der Waals surface area contributed by atoms with Crippen molar-refractivity contribution in [3.63, 3.8) is 0 Å². The zero-order chi connectivity index (χ0) is 18.7. The summed E-state index contributed by atoms with van der Waals surface area (Å²) < 4.78 is 5.17. The Hall–Kier alpha value is -3.34. The Morgan fingerprint density at radius 3 is 2.38 bits per heavy atom. The van der Waals surface area contributed by atoms with E-state index in [1.165, 1.54) is 11.0 Å². The van der Waals surface area contributed by atoms with E-state index in [0.29, 0.717) is 16.9 Å². The maximum atomic E-state index is 12.9. The molecular weight excluding hydrogens is 328 g/mol. The number of nitrogens with zero attached hydrogens (tertiary/aromatic N) is 1. The second-order valence-electron chi connectivity index (χ2n) is 5.93. The first-order valence-corrected chi connectivity index (χ1v) is 8.25. The molecule has 2 amide bonds. The van der Waals surface area contributed by atoms with Gasteiger partial charge in [0.1, 0.15) is 11.4 Å². The van der Waals surface area contributed by atoms with Crippen LogP contribution in [-0.2, 0) is 9.59 Å². The van der Waals surface area contributed by atoms with Crippen LogP contribution < -0.4 is 10.1 Å². The number of para-hydroxylation sites is 1. The number of anilines is 1. The molecule has 0 radical (unpaired) electrons. The Morgan fingerprint density at radius 2 is 1.77 bits per heavy atom. The van der Waals surface area contributed by atoms with Gasteiger partial charge < -0.3 is 10.1 Å². The summed E-state index contributed by atoms with van der Waals surface area (Å²) in [5.41, 5.74) is 3.05. The molecule has 5 heteroatoms. The zero-order valence-corrected chi connectivity index (χ0v) is 14.8. The molecular formula is C21H20N2O3. The molecule has 3 rings (SSSR count). The van der Waals surface area contributed by atoms with Gasteiger partial charge in [0.15, 0.2) is 0 Å². The normalized spacial score (nSPS) is 14.0. The summed E-state index contributed by atoms with van der Waals surface area (Å²) in [6.07, 6.45) is 1.54. The van der Waals surface area contributed by atoms with Crippen LogP contribution in [0.4, 0.5) is 5.69 Å². The van der Waals surface area contributed by atoms with Crippen LogP contribution >= 0.6 is 0 Å². The lowest BCUT2D eigenvalue weighted by molar-refractivity contribution is -0.136. The first kappa shape index (κ1) is 17.5. The van der Waals surface area contributed by atoms with E-state index in [2.05, 4.69) is 11.9 Å². The predicted octanol–water partition coefficient (Wildman–Crippen LogP) is 3.38. The van der Waals surface area contributed by atoms with Crippen LogP contribution in [0, 0.1) is 6.92 Å². The standard InChI is InChI=1S/C21H20N2O3/c1-4-13-23-20(24)18(15-9-11-16(26-3)12-10-15)19(21(23)25)22-17-8-6-5-7-14(17)2/h4-12,22H,1,13H2,2-3H3. The number of carbonyl (C=O) groups excluding carboxylic acids is 2. The van der Waals surface area contributed by atoms with E-state index in [0.717, 1.165) is 11.3 Å². The summed E-state index contributed by atoms with van der Waals surface area (Å²) in [4.78, 5) is 26.9. The number of rotatable bonds is 6. The number of hydrogen-bond donors (Lipinski definition) is 1. The summed E-state index contributed by atoms with van der Waals surface area (Å²) in [5.74, 6) is -0.0115. The van der Waals surface area contributed by atoms with E-state index in [9.17, 15) is 9.59 Å². The van der Waals surface area contributed by atoms with E-state index in [1.807, 2.05) is 31.2 Å². The lowest BCUT2D eigenvalue weighted by Crippen LogP contribution is -2.32. The number of amides is 2. The minimum atomic E-state index is -0.357. The smallest absolute Gasteiger partial charge is 0.278 e. The van der Waals surface area contributed by atoms with Gasteiger partial charge in [-0.05, 0) is 36.2 Å². The van der Waals surface area contributed by atoms with E-state index in [-0.39, 0.29) is 24.1 Å². The fourth-order valence-corrected chi connectivity index (χ4v) is 2.86. The average Bonchev–Trinajstić information content (AvgIpc) is 2.88. The second kappa shape index (κ2) is 7.27. The number of aryl methyl sites for hydroxylation is 1. The molecule has 2 aromatic rings. The first-order chi connectivity index (χ1) is 12.6. The maximum absolute atomic E-state index is 12.9. The fourth-order valence-electron chi connectivity index (χ4n) is 2.86. The van der Waals surface area contributed by atoms with Gasteiger partial charge in [-0.25, -0.2) is 0 Å². The summed E-state index contributed by atoms with van der Waals surface area (Å²) in [6, 6.07) is 14.7. The highest BCUT2D eigenvalue weighted by Gasteiger charge is 2.38. The SMILES string of the molecule is C=CCN1C(=O)C(Nc2ccccc2C)=C(c2ccc(OC)cc2)C1=O. The van der Waals surface area contributed by atoms with Crippen LogP contribution in [0.1, 0.15) is 11.1 Å². The number of ether oxygens (including phenoxy) is 1. The molecule has 26 heavy (non-hydrogen) atoms. The number of hydrogen-bond acceptors (Lipinski definition) is 4. The molecule has 2 aromatic carbocycles. The molecule has 0 saturated heterocycles. The van der Waals surface area contributed by atoms with Crippen molar-refractivity contribution in [2.45, 2.75) is 6.92 Å². The Kier molecular flexibility index (Phi) is 4.89. The van der Waals surface area contributed by atoms with Gasteiger partial charge in [0.25, 0.3) is 11.8 Å². The van der Waals surface area contributed by atoms with Gasteiger partial charge in [-0.3, -0.25) is 14.5 Å². The predicted molar refractivity (Wildman–Crippen MR) is 102 cm³/mol. The fraction of sp³-hybridized carbons (Fsp3) is 0.143. The maximum Gasteiger partial charge on any atom is 0.278 e. The molecule has 0 aliphatic carbocycles. The van der Waals surface area contributed by atoms with E-state index >= 15 is 0 Å². The van der Waals surface area contributed by atoms with Crippen molar-refractivity contribution in [3.05, 3.63) is 78.0 Å². The summed E-state index contributed by atoms with van der Waals surface area (Å²) in [6.45, 7) is 5.74. The monoisotopic (exact) mass is 348 g/mol. The molecule has 0 aromatic heterocycles. The molecule has 0 bridgehead atoms. The third-order valence-electron chi connectivity index (χ3n) is 4.26. The topological polar surface area (TPSA) is 58.6 Å². The molecule has 5 nitrogen and oxygen atoms in total. The summed E-state index contributed by atoms with van der Waals surface area (Å²) in [5, 5.41) is 3.16. The number of methoxy groups -OCH3 is 1. The van der Waals surface area contributed by atoms with Crippen molar-refractivity contribution in [1.29, 1.82) is 0 Å². The van der Waals surface area contributed by atoms with Crippen molar-refractivity contribution in [2.75, 3.05) is 19.0 Å². The van der Waals surface area contributed by atoms with Crippen LogP contribution in [0.2, 0.25) is 0 Å². The third kappa shape index (κ3) is 3.11. The highest BCUT2D eigenvalue weighted by molar-refractivity contribution is 6.36. The Labute approximate surface area is 152 Å². The van der Waals surface area contributed by atoms with Gasteiger partial charge in [0.2, 0.25) is 0 Å². The van der Waals surface area contributed by atoms with Gasteiger partial charge in [0.05, 0.1) is 12.7 Å². The summed E-state index contributed by atoms with van der Waals surface area (Å²) in [7, 11) is 1.58. The summed E-state index contributed by atoms with van der Waals surface area (Å²) >= 11 is 0. The Morgan fingerprint density at radius 1 is 1.08 bits per heavy atom. The van der Waals surface area contributed by atoms with Crippen molar-refractivity contribution in [1.82, 2.24) is 4.90 Å². The molecule has 132 valence electrons. The van der Waals surface area contributed by atoms with Gasteiger partial charge in [-0.1, -0.05) is 36.4 Å². The minimum Gasteiger partial charge on any atom is -0.497 e. The van der Waals surface area contributed by atoms with E-state index in [4.69, 9.17) is 4.74 Å². The molecule has 0 unspecified atom stereocenters. The van der Waals surface area contributed by atoms with Crippen LogP contribution in [0.3, 0.4) is 0 Å². The van der Waals surface area contributed by atoms with Gasteiger partial charge >= 0.3 is 0 Å². The van der Waals surface area contributed by atoms with Crippen molar-refractivity contribution < 1.29 is 14.3 Å². The molecule has 0 saturated carbocycles. The quantitative estimate of drug-likeness (QED) is 0.642. The van der Waals surface area contributed by atoms with Gasteiger partial charge in [-0.2, -0.15) is 0 Å². The second-order valence-corrected chi connectivity index (χ2v) is 5.93. The van der Waals surface area contributed by atoms with Crippen molar-refractivity contribution in [2.24, 2.45) is 0 Å². The minimum absolute atomic E-state index is 0.163. The molecule has 1 heterocycles. The van der Waals surface area contributed by atoms with Crippen LogP contribution in [0.25, 0.3) is 5.57 Å². The first-order valence-electron chi connectivity index (χ1n) is 8.25. The molecule has 0 fully saturated rings. The molecule has 1 N–H and O–H groups in total. The molecule has 0 atom stereocenters. The van der Waals surface area contributed by atoms with E-state index in [1.54, 1.807) is 31.4 Å². The lowest BCUT2D eigenvalue weighted by atomic mass is 10.0. The number of benzene rings is 2. The molecule has 0 spiro atoms. The Bertz CT molecular complexity index is 898. The number of nitrogens with one attached hydrogen (secondary N) is 1. The van der Waals surface area contributed by atoms with Gasteiger partial charge in [-0.15, -0.1) is 6.58 Å². The van der Waals surface area contributed by atoms with Crippen LogP contribution in [0.15, 0.2) is 66.9 Å². The highest BCUT2D eigenvalue weighted by atomic mass is 16.5. The average molecular weight is 348 g/mol. The lowest BCUT2D eigenvalue weighted by Gasteiger charge is -2.13. The Balaban J connectivity index is 2.09. The van der Waals surface area contributed by atoms with Crippen LogP contribution in [0.5, 0.6) is 5.75 Å². The largest absolute Gasteiger partial charge is 0.497 e. The van der Waals surface area contributed by atoms with E-state index < -0.39 is 0 Å². The highest BCUT2D eigenvalue weighted by Crippen LogP contribution is 2.31. The number of imide groups is 1. The molecule has 1 aliphatic rings. The third-order valence-corrected chi connectivity index (χ3v) is 4.26. The van der Waals surface area contributed by atoms with Crippen molar-refractivity contribution >= 4 is 23.1 Å². The zero-order valence-electron chi connectivity index (χ0n) is 14.8. The van der Waals surface area contributed by atoms with Crippen LogP contribution in [-0.4, -0.2) is 30.4 Å². The van der Waals surface area contributed by atoms with Gasteiger partial charge in [0, 0.05) is 12.2 Å². The molecule has 1 aliphatic heterocycles.